The van der Waals surface area contributed by atoms with E-state index >= 15 is 0 Å². The number of carbonyl (C=O) groups excluding carboxylic acids is 3. The van der Waals surface area contributed by atoms with E-state index in [9.17, 15) is 19.5 Å². The molecule has 11 nitrogen and oxygen atoms in total. The summed E-state index contributed by atoms with van der Waals surface area (Å²) in [5.41, 5.74) is 11.7. The summed E-state index contributed by atoms with van der Waals surface area (Å²) in [7, 11) is 0. The molecule has 0 saturated heterocycles. The highest BCUT2D eigenvalue weighted by Gasteiger charge is 2.38. The van der Waals surface area contributed by atoms with Crippen molar-refractivity contribution in [2.45, 2.75) is 70.7 Å². The summed E-state index contributed by atoms with van der Waals surface area (Å²) in [6, 6.07) is 9.12. The van der Waals surface area contributed by atoms with E-state index in [4.69, 9.17) is 25.7 Å². The number of nitrogens with one attached hydrogen (secondary N) is 2. The molecule has 1 amide bonds. The van der Waals surface area contributed by atoms with Crippen LogP contribution in [0.25, 0.3) is 10.8 Å². The molecular formula is C29H38N4O7. The molecule has 0 heterocycles. The molecule has 0 fully saturated rings. The lowest BCUT2D eigenvalue weighted by atomic mass is 9.88. The third-order valence-corrected chi connectivity index (χ3v) is 6.69. The number of ether oxygens (including phenoxy) is 3. The van der Waals surface area contributed by atoms with Gasteiger partial charge in [0.05, 0.1) is 30.9 Å². The third kappa shape index (κ3) is 7.95. The van der Waals surface area contributed by atoms with Gasteiger partial charge in [0, 0.05) is 25.3 Å². The molecule has 0 unspecified atom stereocenters. The van der Waals surface area contributed by atoms with Crippen molar-refractivity contribution in [2.75, 3.05) is 13.2 Å². The van der Waals surface area contributed by atoms with E-state index in [1.165, 1.54) is 13.0 Å². The van der Waals surface area contributed by atoms with Crippen molar-refractivity contribution in [1.29, 1.82) is 0 Å². The van der Waals surface area contributed by atoms with Crippen LogP contribution in [0.5, 0.6) is 5.75 Å². The molecule has 216 valence electrons. The average molecular weight is 555 g/mol. The van der Waals surface area contributed by atoms with Crippen LogP contribution in [0.2, 0.25) is 0 Å². The van der Waals surface area contributed by atoms with Gasteiger partial charge in [-0.25, -0.2) is 9.59 Å². The van der Waals surface area contributed by atoms with Crippen molar-refractivity contribution >= 4 is 34.6 Å². The molecule has 0 spiro atoms. The number of carbonyl (C=O) groups is 3. The van der Waals surface area contributed by atoms with Crippen molar-refractivity contribution in [3.8, 4) is 5.75 Å². The highest BCUT2D eigenvalue weighted by molar-refractivity contribution is 6.00. The maximum Gasteiger partial charge on any atom is 0.339 e. The first-order valence-corrected chi connectivity index (χ1v) is 13.4. The number of amides is 1. The second-order valence-corrected chi connectivity index (χ2v) is 9.66. The number of fused-ring (bicyclic) bond motifs is 1. The van der Waals surface area contributed by atoms with Gasteiger partial charge in [-0.3, -0.25) is 21.3 Å². The van der Waals surface area contributed by atoms with Crippen molar-refractivity contribution in [2.24, 2.45) is 11.5 Å². The predicted molar refractivity (Wildman–Crippen MR) is 147 cm³/mol. The Balaban J connectivity index is 1.61. The van der Waals surface area contributed by atoms with Crippen LogP contribution in [0.3, 0.4) is 0 Å². The molecule has 2 aromatic carbocycles. The molecule has 3 atom stereocenters. The summed E-state index contributed by atoms with van der Waals surface area (Å²) in [4.78, 5) is 40.2. The fourth-order valence-corrected chi connectivity index (χ4v) is 4.68. The van der Waals surface area contributed by atoms with Crippen LogP contribution in [0.4, 0.5) is 0 Å². The normalized spacial score (nSPS) is 18.6. The number of guanidine groups is 1. The summed E-state index contributed by atoms with van der Waals surface area (Å²) in [6.45, 7) is 5.34. The summed E-state index contributed by atoms with van der Waals surface area (Å²) in [5.74, 6) is -1.99. The largest absolute Gasteiger partial charge is 0.871 e. The van der Waals surface area contributed by atoms with Gasteiger partial charge in [0.2, 0.25) is 5.91 Å². The van der Waals surface area contributed by atoms with Gasteiger partial charge in [-0.2, -0.15) is 0 Å². The fraction of sp³-hybridized carbons (Fsp3) is 0.448. The van der Waals surface area contributed by atoms with Gasteiger partial charge in [-0.1, -0.05) is 49.9 Å². The minimum atomic E-state index is -0.730. The summed E-state index contributed by atoms with van der Waals surface area (Å²) >= 11 is 0. The van der Waals surface area contributed by atoms with E-state index in [1.54, 1.807) is 30.3 Å². The van der Waals surface area contributed by atoms with E-state index in [0.717, 1.165) is 18.2 Å². The Hall–Kier alpha value is -4.12. The average Bonchev–Trinajstić information content (AvgIpc) is 2.92. The number of benzene rings is 2. The molecule has 0 bridgehead atoms. The maximum atomic E-state index is 12.9. The topological polar surface area (TPSA) is 180 Å². The number of esters is 2. The molecule has 40 heavy (non-hydrogen) atoms. The first-order chi connectivity index (χ1) is 19.1. The number of rotatable bonds is 12. The number of hydrogen-bond donors (Lipinski definition) is 4. The standard InChI is InChI=1S/C29H38N4O7/c1-4-20(5-2)40-24-16-19(15-23(33-29(30)31)25(24)32-17(3)34)27(36)38-13-8-14-39-28(37)22-12-11-18-9-6-7-10-21(18)26(22)35/h6-7,9-12,16,20,23-25,35H,4-5,8,13-15H2,1-3H3,(H,32,34)(H4,30,31,33)/t23-,24+,25+/m0/s1. The van der Waals surface area contributed by atoms with Gasteiger partial charge in [0.15, 0.2) is 0 Å². The van der Waals surface area contributed by atoms with Crippen LogP contribution in [-0.2, 0) is 23.8 Å². The van der Waals surface area contributed by atoms with Crippen LogP contribution in [0.1, 0.15) is 56.8 Å². The fourth-order valence-electron chi connectivity index (χ4n) is 4.68. The van der Waals surface area contributed by atoms with Gasteiger partial charge in [-0.05, 0) is 35.8 Å². The Labute approximate surface area is 233 Å². The zero-order valence-electron chi connectivity index (χ0n) is 23.1. The van der Waals surface area contributed by atoms with E-state index in [-0.39, 0.29) is 55.3 Å². The van der Waals surface area contributed by atoms with Gasteiger partial charge < -0.3 is 24.6 Å². The lowest BCUT2D eigenvalue weighted by molar-refractivity contribution is -0.512. The van der Waals surface area contributed by atoms with E-state index in [0.29, 0.717) is 11.0 Å². The quantitative estimate of drug-likeness (QED) is 0.123. The molecule has 2 aromatic rings. The number of nitrogens with two attached hydrogens (primary N) is 2. The molecular weight excluding hydrogens is 516 g/mol. The molecule has 3 rings (SSSR count). The zero-order chi connectivity index (χ0) is 29.2. The first-order valence-electron chi connectivity index (χ1n) is 13.4. The van der Waals surface area contributed by atoms with E-state index in [1.807, 2.05) is 19.9 Å². The third-order valence-electron chi connectivity index (χ3n) is 6.69. The van der Waals surface area contributed by atoms with Crippen LogP contribution in [-0.4, -0.2) is 61.3 Å². The van der Waals surface area contributed by atoms with Crippen LogP contribution >= 0.6 is 0 Å². The Morgan fingerprint density at radius 3 is 2.38 bits per heavy atom. The van der Waals surface area contributed by atoms with E-state index < -0.39 is 30.1 Å². The molecule has 1 aliphatic carbocycles. The Morgan fingerprint density at radius 1 is 1.05 bits per heavy atom. The smallest absolute Gasteiger partial charge is 0.339 e. The Kier molecular flexibility index (Phi) is 10.9. The monoisotopic (exact) mass is 554 g/mol. The van der Waals surface area contributed by atoms with E-state index in [2.05, 4.69) is 10.3 Å². The Morgan fingerprint density at radius 2 is 1.73 bits per heavy atom. The zero-order valence-corrected chi connectivity index (χ0v) is 23.1. The Bertz CT molecular complexity index is 1270. The van der Waals surface area contributed by atoms with Gasteiger partial charge in [0.25, 0.3) is 0 Å². The van der Waals surface area contributed by atoms with Gasteiger partial charge in [0.1, 0.15) is 12.1 Å². The molecule has 11 heteroatoms. The van der Waals surface area contributed by atoms with Crippen LogP contribution < -0.4 is 26.9 Å². The molecule has 0 aliphatic heterocycles. The van der Waals surface area contributed by atoms with Gasteiger partial charge >= 0.3 is 17.9 Å². The van der Waals surface area contributed by atoms with Crippen LogP contribution in [0, 0.1) is 0 Å². The molecule has 0 saturated carbocycles. The SMILES string of the molecule is CCC(CC)O[C@@H]1C=C(C(=O)OCCCOC(=O)c2ccc3ccccc3c2[O-])C[C@H]([NH+]=C(N)N)[C@H]1NC(C)=O. The number of hydrogen-bond acceptors (Lipinski definition) is 7. The second kappa shape index (κ2) is 14.3. The first kappa shape index (κ1) is 30.4. The summed E-state index contributed by atoms with van der Waals surface area (Å²) in [5, 5.41) is 16.7. The highest BCUT2D eigenvalue weighted by atomic mass is 16.5. The molecule has 0 radical (unpaired) electrons. The lowest BCUT2D eigenvalue weighted by Gasteiger charge is -2.36. The molecule has 1 aliphatic rings. The summed E-state index contributed by atoms with van der Waals surface area (Å²) < 4.78 is 16.9. The van der Waals surface area contributed by atoms with Gasteiger partial charge in [-0.15, -0.1) is 0 Å². The van der Waals surface area contributed by atoms with Crippen LogP contribution in [0.15, 0.2) is 48.0 Å². The van der Waals surface area contributed by atoms with Crippen molar-refractivity contribution < 1.29 is 38.7 Å². The minimum absolute atomic E-state index is 0.0121. The summed E-state index contributed by atoms with van der Waals surface area (Å²) in [6.07, 6.45) is 2.89. The second-order valence-electron chi connectivity index (χ2n) is 9.66. The maximum absolute atomic E-state index is 12.9. The highest BCUT2D eigenvalue weighted by Crippen LogP contribution is 2.27. The van der Waals surface area contributed by atoms with Crippen molar-refractivity contribution in [3.63, 3.8) is 0 Å². The minimum Gasteiger partial charge on any atom is -0.871 e. The molecule has 6 N–H and O–H groups in total. The van der Waals surface area contributed by atoms with Crippen molar-refractivity contribution in [1.82, 2.24) is 5.32 Å². The predicted octanol–water partition coefficient (Wildman–Crippen LogP) is 0.135. The van der Waals surface area contributed by atoms with Crippen molar-refractivity contribution in [3.05, 3.63) is 53.6 Å². The molecule has 0 aromatic heterocycles. The lowest BCUT2D eigenvalue weighted by Crippen LogP contribution is -2.89.